The molecule has 0 saturated carbocycles. The van der Waals surface area contributed by atoms with E-state index >= 15 is 0 Å². The zero-order valence-corrected chi connectivity index (χ0v) is 11.4. The van der Waals surface area contributed by atoms with Crippen LogP contribution in [0.25, 0.3) is 0 Å². The first kappa shape index (κ1) is 13.0. The number of benzene rings is 1. The molecule has 1 heterocycles. The largest absolute Gasteiger partial charge is 0.339 e. The lowest BCUT2D eigenvalue weighted by molar-refractivity contribution is -0.384. The Balaban J connectivity index is 2.22. The van der Waals surface area contributed by atoms with Gasteiger partial charge in [-0.3, -0.25) is 14.9 Å². The number of rotatable bonds is 2. The van der Waals surface area contributed by atoms with Gasteiger partial charge < -0.3 is 4.90 Å². The van der Waals surface area contributed by atoms with Crippen molar-refractivity contribution in [2.24, 2.45) is 0 Å². The Kier molecular flexibility index (Phi) is 3.96. The Morgan fingerprint density at radius 2 is 1.94 bits per heavy atom. The summed E-state index contributed by atoms with van der Waals surface area (Å²) in [6, 6.07) is 4.25. The number of hydrogen-bond acceptors (Lipinski definition) is 3. The molecule has 18 heavy (non-hydrogen) atoms. The van der Waals surface area contributed by atoms with Crippen LogP contribution in [0.1, 0.15) is 29.6 Å². The number of halogens is 1. The van der Waals surface area contributed by atoms with E-state index in [0.717, 1.165) is 32.4 Å². The number of nitro groups is 1. The van der Waals surface area contributed by atoms with Crippen molar-refractivity contribution in [2.45, 2.75) is 19.3 Å². The molecule has 5 nitrogen and oxygen atoms in total. The van der Waals surface area contributed by atoms with Crippen molar-refractivity contribution in [3.8, 4) is 0 Å². The smallest absolute Gasteiger partial charge is 0.270 e. The molecule has 1 saturated heterocycles. The maximum absolute atomic E-state index is 12.2. The second-order valence-corrected chi connectivity index (χ2v) is 5.13. The summed E-state index contributed by atoms with van der Waals surface area (Å²) >= 11 is 3.23. The molecular formula is C12H13BrN2O3. The zero-order chi connectivity index (χ0) is 13.1. The average Bonchev–Trinajstić information content (AvgIpc) is 2.38. The van der Waals surface area contributed by atoms with Crippen LogP contribution in [-0.2, 0) is 0 Å². The highest BCUT2D eigenvalue weighted by atomic mass is 79.9. The molecule has 2 rings (SSSR count). The summed E-state index contributed by atoms with van der Waals surface area (Å²) in [6.45, 7) is 1.53. The first-order valence-corrected chi connectivity index (χ1v) is 6.62. The number of amides is 1. The molecule has 0 aromatic heterocycles. The molecule has 1 aliphatic heterocycles. The van der Waals surface area contributed by atoms with Crippen molar-refractivity contribution in [2.75, 3.05) is 13.1 Å². The molecule has 0 N–H and O–H groups in total. The summed E-state index contributed by atoms with van der Waals surface area (Å²) in [7, 11) is 0. The van der Waals surface area contributed by atoms with Crippen LogP contribution in [0.3, 0.4) is 0 Å². The lowest BCUT2D eigenvalue weighted by Crippen LogP contribution is -2.35. The van der Waals surface area contributed by atoms with Crippen molar-refractivity contribution < 1.29 is 9.72 Å². The Morgan fingerprint density at radius 3 is 2.50 bits per heavy atom. The normalized spacial score (nSPS) is 15.5. The SMILES string of the molecule is O=C(c1ccc([N+](=O)[O-])cc1Br)N1CCCCC1. The van der Waals surface area contributed by atoms with Gasteiger partial charge in [0, 0.05) is 29.7 Å². The zero-order valence-electron chi connectivity index (χ0n) is 9.76. The van der Waals surface area contributed by atoms with Gasteiger partial charge in [0.25, 0.3) is 11.6 Å². The predicted molar refractivity (Wildman–Crippen MR) is 70.6 cm³/mol. The minimum absolute atomic E-state index is 0.0166. The van der Waals surface area contributed by atoms with Crippen LogP contribution in [-0.4, -0.2) is 28.8 Å². The third-order valence-electron chi connectivity index (χ3n) is 3.04. The Morgan fingerprint density at radius 1 is 1.28 bits per heavy atom. The molecule has 1 aromatic rings. The van der Waals surface area contributed by atoms with E-state index in [2.05, 4.69) is 15.9 Å². The number of hydrogen-bond donors (Lipinski definition) is 0. The van der Waals surface area contributed by atoms with Gasteiger partial charge >= 0.3 is 0 Å². The fraction of sp³-hybridized carbons (Fsp3) is 0.417. The van der Waals surface area contributed by atoms with E-state index in [0.29, 0.717) is 10.0 Å². The van der Waals surface area contributed by atoms with Crippen molar-refractivity contribution in [1.82, 2.24) is 4.90 Å². The molecule has 0 unspecified atom stereocenters. The molecule has 0 atom stereocenters. The van der Waals surface area contributed by atoms with Crippen LogP contribution in [0.2, 0.25) is 0 Å². The Hall–Kier alpha value is -1.43. The molecule has 0 spiro atoms. The van der Waals surface area contributed by atoms with Gasteiger partial charge in [0.15, 0.2) is 0 Å². The second kappa shape index (κ2) is 5.48. The number of non-ortho nitro benzene ring substituents is 1. The van der Waals surface area contributed by atoms with Crippen molar-refractivity contribution >= 4 is 27.5 Å². The van der Waals surface area contributed by atoms with Gasteiger partial charge in [0.1, 0.15) is 0 Å². The number of nitro benzene ring substituents is 1. The second-order valence-electron chi connectivity index (χ2n) is 4.27. The summed E-state index contributed by atoms with van der Waals surface area (Å²) in [5, 5.41) is 10.6. The Bertz CT molecular complexity index is 484. The number of piperidine rings is 1. The highest BCUT2D eigenvalue weighted by Gasteiger charge is 2.21. The van der Waals surface area contributed by atoms with Crippen LogP contribution >= 0.6 is 15.9 Å². The van der Waals surface area contributed by atoms with Crippen LogP contribution in [0.15, 0.2) is 22.7 Å². The lowest BCUT2D eigenvalue weighted by atomic mass is 10.1. The van der Waals surface area contributed by atoms with E-state index in [-0.39, 0.29) is 11.6 Å². The van der Waals surface area contributed by atoms with Gasteiger partial charge in [-0.15, -0.1) is 0 Å². The summed E-state index contributed by atoms with van der Waals surface area (Å²) in [5.41, 5.74) is 0.472. The molecule has 0 bridgehead atoms. The standard InChI is InChI=1S/C12H13BrN2O3/c13-11-8-9(15(17)18)4-5-10(11)12(16)14-6-2-1-3-7-14/h4-5,8H,1-3,6-7H2. The third kappa shape index (κ3) is 2.69. The Labute approximate surface area is 113 Å². The maximum atomic E-state index is 12.2. The first-order valence-electron chi connectivity index (χ1n) is 5.83. The van der Waals surface area contributed by atoms with Gasteiger partial charge in [-0.2, -0.15) is 0 Å². The topological polar surface area (TPSA) is 63.4 Å². The number of carbonyl (C=O) groups is 1. The number of nitrogens with zero attached hydrogens (tertiary/aromatic N) is 2. The molecule has 1 aromatic carbocycles. The van der Waals surface area contributed by atoms with Gasteiger partial charge in [-0.1, -0.05) is 0 Å². The average molecular weight is 313 g/mol. The first-order chi connectivity index (χ1) is 8.59. The maximum Gasteiger partial charge on any atom is 0.270 e. The number of carbonyl (C=O) groups excluding carboxylic acids is 1. The summed E-state index contributed by atoms with van der Waals surface area (Å²) in [6.07, 6.45) is 3.21. The van der Waals surface area contributed by atoms with E-state index < -0.39 is 4.92 Å². The molecule has 1 fully saturated rings. The summed E-state index contributed by atoms with van der Waals surface area (Å²) < 4.78 is 0.479. The van der Waals surface area contributed by atoms with Crippen molar-refractivity contribution in [3.63, 3.8) is 0 Å². The molecule has 0 radical (unpaired) electrons. The summed E-state index contributed by atoms with van der Waals surface area (Å²) in [4.78, 5) is 24.2. The highest BCUT2D eigenvalue weighted by molar-refractivity contribution is 9.10. The number of likely N-dealkylation sites (tertiary alicyclic amines) is 1. The van der Waals surface area contributed by atoms with Crippen molar-refractivity contribution in [3.05, 3.63) is 38.3 Å². The monoisotopic (exact) mass is 312 g/mol. The minimum Gasteiger partial charge on any atom is -0.339 e. The van der Waals surface area contributed by atoms with E-state index in [9.17, 15) is 14.9 Å². The summed E-state index contributed by atoms with van der Waals surface area (Å²) in [5.74, 6) is -0.0588. The van der Waals surface area contributed by atoms with Crippen LogP contribution in [0.4, 0.5) is 5.69 Å². The fourth-order valence-corrected chi connectivity index (χ4v) is 2.59. The van der Waals surface area contributed by atoms with Crippen LogP contribution in [0.5, 0.6) is 0 Å². The quantitative estimate of drug-likeness (QED) is 0.623. The van der Waals surface area contributed by atoms with Gasteiger partial charge in [0.2, 0.25) is 0 Å². The van der Waals surface area contributed by atoms with E-state index in [4.69, 9.17) is 0 Å². The van der Waals surface area contributed by atoms with E-state index in [1.165, 1.54) is 18.2 Å². The predicted octanol–water partition coefficient (Wildman–Crippen LogP) is 2.98. The molecule has 96 valence electrons. The van der Waals surface area contributed by atoms with E-state index in [1.807, 2.05) is 0 Å². The third-order valence-corrected chi connectivity index (χ3v) is 3.69. The van der Waals surface area contributed by atoms with Gasteiger partial charge in [-0.25, -0.2) is 0 Å². The minimum atomic E-state index is -0.472. The van der Waals surface area contributed by atoms with Gasteiger partial charge in [-0.05, 0) is 41.3 Å². The highest BCUT2D eigenvalue weighted by Crippen LogP contribution is 2.25. The molecule has 1 aliphatic rings. The molecule has 6 heteroatoms. The lowest BCUT2D eigenvalue weighted by Gasteiger charge is -2.27. The molecule has 1 amide bonds. The van der Waals surface area contributed by atoms with Gasteiger partial charge in [0.05, 0.1) is 10.5 Å². The molecule has 0 aliphatic carbocycles. The van der Waals surface area contributed by atoms with E-state index in [1.54, 1.807) is 4.90 Å². The van der Waals surface area contributed by atoms with Crippen LogP contribution in [0, 0.1) is 10.1 Å². The molecular weight excluding hydrogens is 300 g/mol. The van der Waals surface area contributed by atoms with Crippen molar-refractivity contribution in [1.29, 1.82) is 0 Å². The fourth-order valence-electron chi connectivity index (χ4n) is 2.06. The van der Waals surface area contributed by atoms with Crippen LogP contribution < -0.4 is 0 Å².